The molecule has 1 rings (SSSR count). The number of methoxy groups -OCH3 is 1. The van der Waals surface area contributed by atoms with Crippen molar-refractivity contribution in [1.29, 1.82) is 0 Å². The Hall–Kier alpha value is -1.88. The Labute approximate surface area is 113 Å². The summed E-state index contributed by atoms with van der Waals surface area (Å²) >= 11 is 0. The second-order valence-electron chi connectivity index (χ2n) is 4.38. The van der Waals surface area contributed by atoms with Gasteiger partial charge in [-0.3, -0.25) is 15.0 Å². The number of aryl methyl sites for hydroxylation is 1. The molecule has 1 N–H and O–H groups in total. The van der Waals surface area contributed by atoms with Crippen molar-refractivity contribution in [2.75, 3.05) is 20.7 Å². The summed E-state index contributed by atoms with van der Waals surface area (Å²) in [5, 5.41) is 2.12. The van der Waals surface area contributed by atoms with Crippen LogP contribution in [0, 0.1) is 0 Å². The number of ether oxygens (including phenoxy) is 1. The number of imide groups is 1. The number of carbonyl (C=O) groups is 2. The maximum absolute atomic E-state index is 11.5. The second kappa shape index (κ2) is 7.53. The number of rotatable bonds is 5. The Bertz CT molecular complexity index is 429. The smallest absolute Gasteiger partial charge is 0.413 e. The van der Waals surface area contributed by atoms with Crippen molar-refractivity contribution < 1.29 is 14.3 Å². The summed E-state index contributed by atoms with van der Waals surface area (Å²) < 4.78 is 4.36. The molecular weight excluding hydrogens is 244 g/mol. The van der Waals surface area contributed by atoms with Gasteiger partial charge in [0.05, 0.1) is 13.7 Å². The molecule has 1 aromatic carbocycles. The Kier molecular flexibility index (Phi) is 6.02. The molecule has 0 aliphatic rings. The van der Waals surface area contributed by atoms with Crippen LogP contribution in [0.5, 0.6) is 0 Å². The monoisotopic (exact) mass is 264 g/mol. The van der Waals surface area contributed by atoms with Gasteiger partial charge in [-0.1, -0.05) is 31.2 Å². The van der Waals surface area contributed by atoms with Gasteiger partial charge in [-0.05, 0) is 24.6 Å². The number of hydrogen-bond acceptors (Lipinski definition) is 4. The molecular formula is C14H20N2O3. The van der Waals surface area contributed by atoms with Crippen LogP contribution < -0.4 is 5.32 Å². The zero-order valence-electron chi connectivity index (χ0n) is 11.6. The summed E-state index contributed by atoms with van der Waals surface area (Å²) in [5.41, 5.74) is 2.42. The third kappa shape index (κ3) is 5.52. The predicted octanol–water partition coefficient (Wildman–Crippen LogP) is 1.56. The average molecular weight is 264 g/mol. The van der Waals surface area contributed by atoms with Gasteiger partial charge in [0, 0.05) is 6.54 Å². The number of likely N-dealkylation sites (N-methyl/N-ethyl adjacent to an activating group) is 1. The molecule has 0 unspecified atom stereocenters. The van der Waals surface area contributed by atoms with Gasteiger partial charge in [-0.25, -0.2) is 4.79 Å². The summed E-state index contributed by atoms with van der Waals surface area (Å²) in [5.74, 6) is -0.375. The van der Waals surface area contributed by atoms with Crippen LogP contribution in [0.1, 0.15) is 18.1 Å². The van der Waals surface area contributed by atoms with Crippen molar-refractivity contribution in [2.24, 2.45) is 0 Å². The van der Waals surface area contributed by atoms with Crippen molar-refractivity contribution in [3.8, 4) is 0 Å². The SMILES string of the molecule is CCc1ccc(CN(C)CC(=O)NC(=O)OC)cc1. The van der Waals surface area contributed by atoms with Crippen LogP contribution in [0.25, 0.3) is 0 Å². The first-order valence-electron chi connectivity index (χ1n) is 6.19. The molecule has 2 amide bonds. The lowest BCUT2D eigenvalue weighted by Crippen LogP contribution is -2.38. The molecule has 5 nitrogen and oxygen atoms in total. The van der Waals surface area contributed by atoms with Crippen LogP contribution in [0.15, 0.2) is 24.3 Å². The van der Waals surface area contributed by atoms with E-state index in [4.69, 9.17) is 0 Å². The molecule has 0 aliphatic heterocycles. The largest absolute Gasteiger partial charge is 0.453 e. The lowest BCUT2D eigenvalue weighted by Gasteiger charge is -2.16. The highest BCUT2D eigenvalue weighted by atomic mass is 16.5. The normalized spacial score (nSPS) is 10.3. The molecule has 1 aromatic rings. The van der Waals surface area contributed by atoms with Gasteiger partial charge in [0.2, 0.25) is 5.91 Å². The minimum Gasteiger partial charge on any atom is -0.453 e. The van der Waals surface area contributed by atoms with Gasteiger partial charge < -0.3 is 4.74 Å². The lowest BCUT2D eigenvalue weighted by atomic mass is 10.1. The molecule has 0 saturated heterocycles. The summed E-state index contributed by atoms with van der Waals surface area (Å²) in [7, 11) is 3.05. The van der Waals surface area contributed by atoms with Gasteiger partial charge in [-0.2, -0.15) is 0 Å². The van der Waals surface area contributed by atoms with E-state index >= 15 is 0 Å². The zero-order valence-corrected chi connectivity index (χ0v) is 11.6. The first-order chi connectivity index (χ1) is 9.05. The van der Waals surface area contributed by atoms with Crippen molar-refractivity contribution >= 4 is 12.0 Å². The first-order valence-corrected chi connectivity index (χ1v) is 6.19. The molecule has 0 atom stereocenters. The zero-order chi connectivity index (χ0) is 14.3. The van der Waals surface area contributed by atoms with Crippen LogP contribution in [0.4, 0.5) is 4.79 Å². The highest BCUT2D eigenvalue weighted by molar-refractivity contribution is 5.92. The third-order valence-corrected chi connectivity index (χ3v) is 2.72. The Morgan fingerprint density at radius 3 is 2.32 bits per heavy atom. The standard InChI is InChI=1S/C14H20N2O3/c1-4-11-5-7-12(8-6-11)9-16(2)10-13(17)15-14(18)19-3/h5-8H,4,9-10H2,1-3H3,(H,15,17,18). The number of nitrogens with zero attached hydrogens (tertiary/aromatic N) is 1. The molecule has 0 bridgehead atoms. The average Bonchev–Trinajstić information content (AvgIpc) is 2.39. The Morgan fingerprint density at radius 1 is 1.21 bits per heavy atom. The molecule has 0 heterocycles. The fourth-order valence-electron chi connectivity index (χ4n) is 1.70. The summed E-state index contributed by atoms with van der Waals surface area (Å²) in [4.78, 5) is 24.2. The van der Waals surface area contributed by atoms with Gasteiger partial charge in [0.15, 0.2) is 0 Å². The van der Waals surface area contributed by atoms with E-state index in [0.29, 0.717) is 6.54 Å². The highest BCUT2D eigenvalue weighted by Gasteiger charge is 2.10. The topological polar surface area (TPSA) is 58.6 Å². The molecule has 5 heteroatoms. The molecule has 0 spiro atoms. The lowest BCUT2D eigenvalue weighted by molar-refractivity contribution is -0.121. The molecule has 0 aliphatic carbocycles. The molecule has 0 radical (unpaired) electrons. The van der Waals surface area contributed by atoms with Crippen molar-refractivity contribution in [2.45, 2.75) is 19.9 Å². The second-order valence-corrected chi connectivity index (χ2v) is 4.38. The molecule has 104 valence electrons. The first kappa shape index (κ1) is 15.2. The van der Waals surface area contributed by atoms with Crippen LogP contribution in [0.2, 0.25) is 0 Å². The van der Waals surface area contributed by atoms with Gasteiger partial charge in [0.1, 0.15) is 0 Å². The number of amides is 2. The van der Waals surface area contributed by atoms with E-state index in [1.54, 1.807) is 0 Å². The summed E-state index contributed by atoms with van der Waals surface area (Å²) in [6.07, 6.45) is 0.281. The van der Waals surface area contributed by atoms with Crippen molar-refractivity contribution in [1.82, 2.24) is 10.2 Å². The fourth-order valence-corrected chi connectivity index (χ4v) is 1.70. The molecule has 19 heavy (non-hydrogen) atoms. The van der Waals surface area contributed by atoms with E-state index in [1.807, 2.05) is 24.1 Å². The minimum absolute atomic E-state index is 0.143. The minimum atomic E-state index is -0.731. The van der Waals surface area contributed by atoms with Crippen LogP contribution in [0.3, 0.4) is 0 Å². The number of hydrogen-bond donors (Lipinski definition) is 1. The Balaban J connectivity index is 2.43. The van der Waals surface area contributed by atoms with Crippen LogP contribution in [-0.4, -0.2) is 37.6 Å². The quantitative estimate of drug-likeness (QED) is 0.877. The van der Waals surface area contributed by atoms with E-state index in [9.17, 15) is 9.59 Å². The molecule has 0 aromatic heterocycles. The highest BCUT2D eigenvalue weighted by Crippen LogP contribution is 2.07. The maximum Gasteiger partial charge on any atom is 0.413 e. The Morgan fingerprint density at radius 2 is 1.79 bits per heavy atom. The number of benzene rings is 1. The van der Waals surface area contributed by atoms with E-state index in [0.717, 1.165) is 12.0 Å². The van der Waals surface area contributed by atoms with Crippen LogP contribution >= 0.6 is 0 Å². The van der Waals surface area contributed by atoms with Crippen LogP contribution in [-0.2, 0) is 22.5 Å². The number of nitrogens with one attached hydrogen (secondary N) is 1. The van der Waals surface area contributed by atoms with E-state index < -0.39 is 6.09 Å². The summed E-state index contributed by atoms with van der Waals surface area (Å²) in [6.45, 7) is 2.90. The number of carbonyl (C=O) groups excluding carboxylic acids is 2. The summed E-state index contributed by atoms with van der Waals surface area (Å²) in [6, 6.07) is 8.26. The van der Waals surface area contributed by atoms with E-state index in [1.165, 1.54) is 12.7 Å². The maximum atomic E-state index is 11.5. The number of alkyl carbamates (subject to hydrolysis) is 1. The van der Waals surface area contributed by atoms with E-state index in [-0.39, 0.29) is 12.5 Å². The van der Waals surface area contributed by atoms with Gasteiger partial charge in [-0.15, -0.1) is 0 Å². The predicted molar refractivity (Wildman–Crippen MR) is 72.7 cm³/mol. The molecule has 0 fully saturated rings. The van der Waals surface area contributed by atoms with Crippen molar-refractivity contribution in [3.63, 3.8) is 0 Å². The fraction of sp³-hybridized carbons (Fsp3) is 0.429. The van der Waals surface area contributed by atoms with Crippen molar-refractivity contribution in [3.05, 3.63) is 35.4 Å². The third-order valence-electron chi connectivity index (χ3n) is 2.72. The van der Waals surface area contributed by atoms with E-state index in [2.05, 4.69) is 29.1 Å². The van der Waals surface area contributed by atoms with Gasteiger partial charge >= 0.3 is 6.09 Å². The van der Waals surface area contributed by atoms with Gasteiger partial charge in [0.25, 0.3) is 0 Å². The molecule has 0 saturated carbocycles.